The number of carbonyl (C=O) groups is 1. The van der Waals surface area contributed by atoms with Gasteiger partial charge in [-0.25, -0.2) is 0 Å². The molecule has 0 bridgehead atoms. The second-order valence-corrected chi connectivity index (χ2v) is 1.85. The van der Waals surface area contributed by atoms with Crippen molar-refractivity contribution in [3.63, 3.8) is 0 Å². The molecule has 0 saturated carbocycles. The molecule has 0 aromatic carbocycles. The number of aliphatic carboxylic acids is 1. The van der Waals surface area contributed by atoms with Gasteiger partial charge >= 0.3 is 35.5 Å². The van der Waals surface area contributed by atoms with Crippen molar-refractivity contribution >= 4 is 5.97 Å². The van der Waals surface area contributed by atoms with E-state index in [1.165, 1.54) is 0 Å². The van der Waals surface area contributed by atoms with E-state index in [0.717, 1.165) is 19.3 Å². The quantitative estimate of drug-likeness (QED) is 0.349. The van der Waals surface area contributed by atoms with Gasteiger partial charge in [0.1, 0.15) is 0 Å². The van der Waals surface area contributed by atoms with E-state index in [-0.39, 0.29) is 29.6 Å². The van der Waals surface area contributed by atoms with Gasteiger partial charge in [-0.2, -0.15) is 6.92 Å². The minimum absolute atomic E-state index is 0. The minimum atomic E-state index is -0.682. The van der Waals surface area contributed by atoms with E-state index >= 15 is 0 Å². The molecule has 0 radical (unpaired) electrons. The Labute approximate surface area is 91.7 Å². The second-order valence-electron chi connectivity index (χ2n) is 1.85. The first-order valence-electron chi connectivity index (χ1n) is 3.70. The van der Waals surface area contributed by atoms with E-state index in [4.69, 9.17) is 5.11 Å². The molecule has 0 aromatic rings. The molecule has 0 aliphatic heterocycles. The first-order valence-corrected chi connectivity index (χ1v) is 3.70. The number of carboxylic acids is 1. The molecule has 0 heterocycles. The van der Waals surface area contributed by atoms with Crippen molar-refractivity contribution in [1.82, 2.24) is 0 Å². The summed E-state index contributed by atoms with van der Waals surface area (Å²) in [6.45, 7) is 7.06. The number of hydrogen-bond donors (Lipinski definition) is 1. The Morgan fingerprint density at radius 1 is 1.36 bits per heavy atom. The van der Waals surface area contributed by atoms with Crippen LogP contribution in [0.5, 0.6) is 0 Å². The third kappa shape index (κ3) is 25.1. The zero-order chi connectivity index (χ0) is 8.41. The van der Waals surface area contributed by atoms with E-state index in [1.807, 2.05) is 0 Å². The van der Waals surface area contributed by atoms with Crippen LogP contribution in [-0.2, 0) is 4.79 Å². The first kappa shape index (κ1) is 17.5. The van der Waals surface area contributed by atoms with Gasteiger partial charge in [0.2, 0.25) is 0 Å². The molecular formula is C8H17NaO2. The summed E-state index contributed by atoms with van der Waals surface area (Å²) in [6, 6.07) is 0. The Balaban J connectivity index is -0.000000196. The molecule has 0 fully saturated rings. The number of carboxylic acid groups (broad SMARTS) is 1. The third-order valence-electron chi connectivity index (χ3n) is 0.994. The molecule has 1 N–H and O–H groups in total. The van der Waals surface area contributed by atoms with Gasteiger partial charge in [-0.1, -0.05) is 19.8 Å². The molecule has 0 unspecified atom stereocenters. The first-order chi connectivity index (χ1) is 4.77. The van der Waals surface area contributed by atoms with Crippen molar-refractivity contribution in [1.29, 1.82) is 0 Å². The second kappa shape index (κ2) is 16.8. The van der Waals surface area contributed by atoms with Gasteiger partial charge in [0.05, 0.1) is 0 Å². The molecule has 0 aliphatic rings. The summed E-state index contributed by atoms with van der Waals surface area (Å²) >= 11 is 0. The maximum atomic E-state index is 9.87. The van der Waals surface area contributed by atoms with E-state index in [2.05, 4.69) is 13.8 Å². The average Bonchev–Trinajstić information content (AvgIpc) is 1.92. The van der Waals surface area contributed by atoms with Crippen LogP contribution in [0.4, 0.5) is 0 Å². The molecule has 2 nitrogen and oxygen atoms in total. The summed E-state index contributed by atoms with van der Waals surface area (Å²) < 4.78 is 0. The molecule has 0 spiro atoms. The molecular weight excluding hydrogens is 151 g/mol. The van der Waals surface area contributed by atoms with Crippen molar-refractivity contribution in [2.45, 2.75) is 39.5 Å². The van der Waals surface area contributed by atoms with E-state index < -0.39 is 5.97 Å². The average molecular weight is 168 g/mol. The summed E-state index contributed by atoms with van der Waals surface area (Å²) in [5.41, 5.74) is 0. The smallest absolute Gasteiger partial charge is 0.481 e. The Kier molecular flexibility index (Phi) is 26.8. The van der Waals surface area contributed by atoms with Crippen LogP contribution >= 0.6 is 0 Å². The molecule has 62 valence electrons. The fourth-order valence-electron chi connectivity index (χ4n) is 0.526. The number of hydrogen-bond acceptors (Lipinski definition) is 1. The predicted molar refractivity (Wildman–Crippen MR) is 42.8 cm³/mol. The van der Waals surface area contributed by atoms with Gasteiger partial charge in [0.15, 0.2) is 0 Å². The molecule has 0 aromatic heterocycles. The summed E-state index contributed by atoms with van der Waals surface area (Å²) in [5.74, 6) is -0.682. The molecule has 3 heteroatoms. The SMILES string of the molecule is CCCCCC(=O)O.[CH2-]C.[Na+]. The molecule has 0 amide bonds. The standard InChI is InChI=1S/C6H12O2.C2H5.Na/c1-2-3-4-5-6(7)8;1-2;/h2-5H2,1H3,(H,7,8);1H2,2H3;/q;-1;+1. The third-order valence-corrected chi connectivity index (χ3v) is 0.994. The van der Waals surface area contributed by atoms with Gasteiger partial charge in [-0.05, 0) is 6.42 Å². The number of unbranched alkanes of at least 4 members (excludes halogenated alkanes) is 2. The van der Waals surface area contributed by atoms with Gasteiger partial charge in [-0.3, -0.25) is 4.79 Å². The molecule has 0 rings (SSSR count). The molecule has 11 heavy (non-hydrogen) atoms. The molecule has 0 atom stereocenters. The van der Waals surface area contributed by atoms with Crippen molar-refractivity contribution in [2.24, 2.45) is 0 Å². The van der Waals surface area contributed by atoms with Crippen LogP contribution in [0.3, 0.4) is 0 Å². The maximum absolute atomic E-state index is 9.87. The van der Waals surface area contributed by atoms with Crippen molar-refractivity contribution in [3.8, 4) is 0 Å². The van der Waals surface area contributed by atoms with E-state index in [0.29, 0.717) is 6.42 Å². The predicted octanol–water partition coefficient (Wildman–Crippen LogP) is -0.504. The zero-order valence-electron chi connectivity index (χ0n) is 7.89. The normalized spacial score (nSPS) is 7.18. The van der Waals surface area contributed by atoms with Crippen LogP contribution in [0.25, 0.3) is 0 Å². The van der Waals surface area contributed by atoms with Gasteiger partial charge < -0.3 is 12.0 Å². The maximum Gasteiger partial charge on any atom is 1.00 e. The summed E-state index contributed by atoms with van der Waals surface area (Å²) in [4.78, 5) is 9.87. The largest absolute Gasteiger partial charge is 1.00 e. The Morgan fingerprint density at radius 2 is 1.82 bits per heavy atom. The van der Waals surface area contributed by atoms with Gasteiger partial charge in [0.25, 0.3) is 0 Å². The summed E-state index contributed by atoms with van der Waals surface area (Å²) in [6.07, 6.45) is 3.28. The minimum Gasteiger partial charge on any atom is -0.481 e. The Hall–Kier alpha value is 0.470. The topological polar surface area (TPSA) is 37.3 Å². The van der Waals surface area contributed by atoms with Crippen molar-refractivity contribution in [2.75, 3.05) is 0 Å². The fraction of sp³-hybridized carbons (Fsp3) is 0.750. The van der Waals surface area contributed by atoms with Crippen LogP contribution < -0.4 is 29.6 Å². The van der Waals surface area contributed by atoms with Crippen molar-refractivity contribution < 1.29 is 39.5 Å². The van der Waals surface area contributed by atoms with E-state index in [1.54, 1.807) is 6.92 Å². The zero-order valence-corrected chi connectivity index (χ0v) is 9.89. The summed E-state index contributed by atoms with van der Waals surface area (Å²) in [7, 11) is 0. The van der Waals surface area contributed by atoms with E-state index in [9.17, 15) is 4.79 Å². The fourth-order valence-corrected chi connectivity index (χ4v) is 0.526. The van der Waals surface area contributed by atoms with Crippen LogP contribution in [0.2, 0.25) is 0 Å². The van der Waals surface area contributed by atoms with Gasteiger partial charge in [0, 0.05) is 6.42 Å². The molecule has 0 saturated heterocycles. The van der Waals surface area contributed by atoms with Gasteiger partial charge in [-0.15, -0.1) is 0 Å². The van der Waals surface area contributed by atoms with Crippen LogP contribution in [-0.4, -0.2) is 11.1 Å². The van der Waals surface area contributed by atoms with Crippen LogP contribution in [0.15, 0.2) is 0 Å². The number of rotatable bonds is 4. The molecule has 0 aliphatic carbocycles. The van der Waals surface area contributed by atoms with Crippen LogP contribution in [0, 0.1) is 6.92 Å². The summed E-state index contributed by atoms with van der Waals surface area (Å²) in [5, 5.41) is 8.14. The Morgan fingerprint density at radius 3 is 2.09 bits per heavy atom. The Bertz CT molecular complexity index is 74.5. The monoisotopic (exact) mass is 168 g/mol. The van der Waals surface area contributed by atoms with Crippen molar-refractivity contribution in [3.05, 3.63) is 6.92 Å². The van der Waals surface area contributed by atoms with Crippen LogP contribution in [0.1, 0.15) is 39.5 Å².